The lowest BCUT2D eigenvalue weighted by Crippen LogP contribution is -2.47. The molecule has 2 saturated carbocycles. The van der Waals surface area contributed by atoms with Gasteiger partial charge in [-0.2, -0.15) is 0 Å². The Balaban J connectivity index is 2.01. The molecule has 26 heavy (non-hydrogen) atoms. The number of hydrogen-bond acceptors (Lipinski definition) is 3. The number of benzene rings is 1. The number of aldehydes is 1. The first-order valence-electron chi connectivity index (χ1n) is 9.95. The Hall–Kier alpha value is -1.51. The van der Waals surface area contributed by atoms with E-state index in [1.807, 2.05) is 6.07 Å². The largest absolute Gasteiger partial charge is 0.496 e. The Morgan fingerprint density at radius 2 is 1.62 bits per heavy atom. The summed E-state index contributed by atoms with van der Waals surface area (Å²) in [5, 5.41) is 0. The highest BCUT2D eigenvalue weighted by atomic mass is 16.5. The second-order valence-electron chi connectivity index (χ2n) is 9.62. The van der Waals surface area contributed by atoms with Gasteiger partial charge in [0.1, 0.15) is 11.5 Å². The van der Waals surface area contributed by atoms with Crippen molar-refractivity contribution in [1.82, 2.24) is 0 Å². The van der Waals surface area contributed by atoms with E-state index in [0.29, 0.717) is 34.0 Å². The molecule has 0 aliphatic heterocycles. The molecule has 1 aromatic rings. The number of fused-ring (bicyclic) bond motifs is 1. The molecule has 0 amide bonds. The predicted molar refractivity (Wildman–Crippen MR) is 105 cm³/mol. The number of hydrogen-bond donors (Lipinski definition) is 0. The molecule has 0 saturated heterocycles. The summed E-state index contributed by atoms with van der Waals surface area (Å²) in [6.45, 7) is 9.79. The van der Waals surface area contributed by atoms with Gasteiger partial charge in [0.25, 0.3) is 0 Å². The van der Waals surface area contributed by atoms with E-state index in [0.717, 1.165) is 36.4 Å². The summed E-state index contributed by atoms with van der Waals surface area (Å²) in [5.74, 6) is 3.40. The molecule has 2 fully saturated rings. The topological polar surface area (TPSA) is 35.5 Å². The Morgan fingerprint density at radius 3 is 2.19 bits per heavy atom. The van der Waals surface area contributed by atoms with Crippen LogP contribution in [-0.2, 0) is 0 Å². The minimum absolute atomic E-state index is 0.363. The average Bonchev–Trinajstić information content (AvgIpc) is 2.63. The van der Waals surface area contributed by atoms with Gasteiger partial charge in [-0.05, 0) is 72.8 Å². The van der Waals surface area contributed by atoms with Gasteiger partial charge in [-0.25, -0.2) is 0 Å². The first-order chi connectivity index (χ1) is 12.2. The van der Waals surface area contributed by atoms with Crippen molar-refractivity contribution in [2.75, 3.05) is 14.2 Å². The van der Waals surface area contributed by atoms with Crippen molar-refractivity contribution in [3.63, 3.8) is 0 Å². The van der Waals surface area contributed by atoms with Crippen LogP contribution in [-0.4, -0.2) is 20.5 Å². The number of methoxy groups -OCH3 is 2. The summed E-state index contributed by atoms with van der Waals surface area (Å²) in [6.07, 6.45) is 7.02. The SMILES string of the molecule is COc1ccc(C=O)c(OC)c1C1CCC2C(C1)C(C)(C)CCC2(C)C. The standard InChI is InChI=1S/C23H34O3/c1-22(2)11-12-23(3,4)18-13-15(7-9-17(18)22)20-19(25-5)10-8-16(14-24)21(20)26-6/h8,10,14-15,17-18H,7,9,11-13H2,1-6H3. The number of rotatable bonds is 4. The monoisotopic (exact) mass is 358 g/mol. The Labute approximate surface area is 158 Å². The molecular weight excluding hydrogens is 324 g/mol. The molecule has 3 nitrogen and oxygen atoms in total. The van der Waals surface area contributed by atoms with Gasteiger partial charge in [-0.3, -0.25) is 4.79 Å². The summed E-state index contributed by atoms with van der Waals surface area (Å²) < 4.78 is 11.4. The minimum Gasteiger partial charge on any atom is -0.496 e. The van der Waals surface area contributed by atoms with Crippen LogP contribution >= 0.6 is 0 Å². The maximum Gasteiger partial charge on any atom is 0.153 e. The third-order valence-electron chi connectivity index (χ3n) is 7.42. The fourth-order valence-electron chi connectivity index (χ4n) is 5.73. The van der Waals surface area contributed by atoms with Crippen LogP contribution in [0.3, 0.4) is 0 Å². The molecule has 0 heterocycles. The Bertz CT molecular complexity index is 674. The highest BCUT2D eigenvalue weighted by Crippen LogP contribution is 2.60. The van der Waals surface area contributed by atoms with Crippen LogP contribution in [0.1, 0.15) is 81.6 Å². The molecule has 0 spiro atoms. The average molecular weight is 359 g/mol. The van der Waals surface area contributed by atoms with E-state index in [1.165, 1.54) is 19.3 Å². The van der Waals surface area contributed by atoms with Gasteiger partial charge < -0.3 is 9.47 Å². The lowest BCUT2D eigenvalue weighted by Gasteiger charge is -2.56. The zero-order chi connectivity index (χ0) is 19.1. The van der Waals surface area contributed by atoms with Gasteiger partial charge in [0.2, 0.25) is 0 Å². The van der Waals surface area contributed by atoms with E-state index in [-0.39, 0.29) is 0 Å². The van der Waals surface area contributed by atoms with E-state index in [1.54, 1.807) is 20.3 Å². The first-order valence-corrected chi connectivity index (χ1v) is 9.95. The number of carbonyl (C=O) groups is 1. The second-order valence-corrected chi connectivity index (χ2v) is 9.62. The molecule has 2 aliphatic carbocycles. The number of ether oxygens (including phenoxy) is 2. The molecule has 0 radical (unpaired) electrons. The van der Waals surface area contributed by atoms with Crippen LogP contribution in [0.5, 0.6) is 11.5 Å². The van der Waals surface area contributed by atoms with Crippen LogP contribution < -0.4 is 9.47 Å². The smallest absolute Gasteiger partial charge is 0.153 e. The van der Waals surface area contributed by atoms with Crippen LogP contribution in [0.4, 0.5) is 0 Å². The van der Waals surface area contributed by atoms with Crippen molar-refractivity contribution in [3.8, 4) is 11.5 Å². The predicted octanol–water partition coefficient (Wildman–Crippen LogP) is 5.86. The molecule has 2 aliphatic rings. The van der Waals surface area contributed by atoms with E-state index >= 15 is 0 Å². The molecule has 144 valence electrons. The molecular formula is C23H34O3. The van der Waals surface area contributed by atoms with E-state index < -0.39 is 0 Å². The maximum atomic E-state index is 11.5. The third-order valence-corrected chi connectivity index (χ3v) is 7.42. The van der Waals surface area contributed by atoms with Gasteiger partial charge in [-0.1, -0.05) is 27.7 Å². The molecule has 3 atom stereocenters. The maximum absolute atomic E-state index is 11.5. The highest BCUT2D eigenvalue weighted by Gasteiger charge is 2.50. The summed E-state index contributed by atoms with van der Waals surface area (Å²) in [5.41, 5.74) is 2.50. The van der Waals surface area contributed by atoms with Crippen molar-refractivity contribution >= 4 is 6.29 Å². The first kappa shape index (κ1) is 19.3. The van der Waals surface area contributed by atoms with E-state index in [2.05, 4.69) is 27.7 Å². The summed E-state index contributed by atoms with van der Waals surface area (Å²) in [6, 6.07) is 3.72. The fraction of sp³-hybridized carbons (Fsp3) is 0.696. The molecule has 1 aromatic carbocycles. The zero-order valence-electron chi connectivity index (χ0n) is 17.2. The van der Waals surface area contributed by atoms with Gasteiger partial charge >= 0.3 is 0 Å². The van der Waals surface area contributed by atoms with E-state index in [4.69, 9.17) is 9.47 Å². The second kappa shape index (κ2) is 6.90. The fourth-order valence-corrected chi connectivity index (χ4v) is 5.73. The van der Waals surface area contributed by atoms with Crippen LogP contribution in [0, 0.1) is 22.7 Å². The molecule has 3 heteroatoms. The van der Waals surface area contributed by atoms with Crippen molar-refractivity contribution in [3.05, 3.63) is 23.3 Å². The van der Waals surface area contributed by atoms with Crippen molar-refractivity contribution in [1.29, 1.82) is 0 Å². The van der Waals surface area contributed by atoms with Crippen LogP contribution in [0.2, 0.25) is 0 Å². The molecule has 3 unspecified atom stereocenters. The molecule has 0 N–H and O–H groups in total. The minimum atomic E-state index is 0.363. The number of carbonyl (C=O) groups excluding carboxylic acids is 1. The van der Waals surface area contributed by atoms with Gasteiger partial charge in [0.05, 0.1) is 19.8 Å². The summed E-state index contributed by atoms with van der Waals surface area (Å²) in [7, 11) is 3.36. The zero-order valence-corrected chi connectivity index (χ0v) is 17.2. The Morgan fingerprint density at radius 1 is 0.962 bits per heavy atom. The van der Waals surface area contributed by atoms with Crippen molar-refractivity contribution in [2.45, 2.75) is 65.7 Å². The normalized spacial score (nSPS) is 29.5. The lowest BCUT2D eigenvalue weighted by molar-refractivity contribution is -0.0501. The lowest BCUT2D eigenvalue weighted by atomic mass is 9.49. The van der Waals surface area contributed by atoms with Gasteiger partial charge in [0, 0.05) is 5.56 Å². The van der Waals surface area contributed by atoms with Crippen LogP contribution in [0.25, 0.3) is 0 Å². The van der Waals surface area contributed by atoms with Crippen molar-refractivity contribution < 1.29 is 14.3 Å². The molecule has 0 aromatic heterocycles. The van der Waals surface area contributed by atoms with Gasteiger partial charge in [0.15, 0.2) is 6.29 Å². The highest BCUT2D eigenvalue weighted by molar-refractivity contribution is 5.81. The van der Waals surface area contributed by atoms with Crippen LogP contribution in [0.15, 0.2) is 12.1 Å². The van der Waals surface area contributed by atoms with E-state index in [9.17, 15) is 4.79 Å². The molecule has 0 bridgehead atoms. The summed E-state index contributed by atoms with van der Waals surface area (Å²) >= 11 is 0. The Kier molecular flexibility index (Phi) is 5.11. The quantitative estimate of drug-likeness (QED) is 0.632. The third kappa shape index (κ3) is 3.14. The van der Waals surface area contributed by atoms with Crippen molar-refractivity contribution in [2.24, 2.45) is 22.7 Å². The summed E-state index contributed by atoms with van der Waals surface area (Å²) in [4.78, 5) is 11.5. The molecule has 3 rings (SSSR count). The van der Waals surface area contributed by atoms with Gasteiger partial charge in [-0.15, -0.1) is 0 Å².